The van der Waals surface area contributed by atoms with Gasteiger partial charge in [0, 0.05) is 50.4 Å². The van der Waals surface area contributed by atoms with Crippen LogP contribution in [0.15, 0.2) is 40.7 Å². The van der Waals surface area contributed by atoms with Gasteiger partial charge in [-0.05, 0) is 115 Å². The topological polar surface area (TPSA) is 749 Å². The minimum absolute atomic E-state index is 0.0112. The molecule has 12 amide bonds. The highest BCUT2D eigenvalue weighted by molar-refractivity contribution is 5.99. The molecule has 0 fully saturated rings. The number of amides is 12. The van der Waals surface area contributed by atoms with Crippen LogP contribution in [0, 0.1) is 32.1 Å². The Kier molecular flexibility index (Phi) is 42.5. The zero-order valence-electron chi connectivity index (χ0n) is 62.4. The minimum Gasteiger partial charge on any atom is -0.480 e. The molecule has 614 valence electrons. The van der Waals surface area contributed by atoms with Crippen molar-refractivity contribution in [2.24, 2.45) is 62.0 Å². The largest absolute Gasteiger partial charge is 0.480 e. The number of non-ortho nitro benzene ring substituents is 1. The zero-order valence-corrected chi connectivity index (χ0v) is 62.4. The maximum absolute atomic E-state index is 14.5. The Morgan fingerprint density at radius 2 is 0.991 bits per heavy atom. The van der Waals surface area contributed by atoms with Crippen LogP contribution >= 0.6 is 0 Å². The molecule has 0 saturated carbocycles. The van der Waals surface area contributed by atoms with Gasteiger partial charge in [-0.3, -0.25) is 87.7 Å². The summed E-state index contributed by atoms with van der Waals surface area (Å²) in [5.41, 5.74) is 37.9. The number of aliphatic hydroxyl groups is 2. The third kappa shape index (κ3) is 35.0. The number of nitro benzene ring substituents is 2. The molecule has 1 aromatic heterocycles. The number of nitro groups is 2. The number of aliphatic hydroxyl groups excluding tert-OH is 2. The Morgan fingerprint density at radius 3 is 1.49 bits per heavy atom. The van der Waals surface area contributed by atoms with Gasteiger partial charge in [0.15, 0.2) is 11.9 Å². The molecule has 1 heterocycles. The molecule has 0 bridgehead atoms. The third-order valence-corrected chi connectivity index (χ3v) is 16.9. The minimum atomic E-state index is -1.92. The molecule has 45 heteroatoms. The second kappa shape index (κ2) is 49.5. The molecule has 2 aromatic rings. The number of nitrogens with zero attached hydrogens (tertiary/aromatic N) is 5. The normalized spacial score (nSPS) is 14.6. The molecule has 0 spiro atoms. The molecule has 45 nitrogen and oxygen atoms in total. The van der Waals surface area contributed by atoms with Crippen LogP contribution in [0.2, 0.25) is 0 Å². The number of benzene rings is 1. The van der Waals surface area contributed by atoms with Crippen molar-refractivity contribution in [1.82, 2.24) is 68.5 Å². The summed E-state index contributed by atoms with van der Waals surface area (Å²) in [5.74, 6) is -14.8. The lowest BCUT2D eigenvalue weighted by atomic mass is 9.97. The van der Waals surface area contributed by atoms with E-state index in [1.807, 2.05) is 0 Å². The van der Waals surface area contributed by atoms with E-state index in [1.165, 1.54) is 32.4 Å². The number of hydrogen-bond acceptors (Lipinski definition) is 25. The number of aliphatic imine (C=N–C) groups is 2. The van der Waals surface area contributed by atoms with E-state index in [9.17, 15) is 97.9 Å². The van der Waals surface area contributed by atoms with Crippen LogP contribution < -0.4 is 104 Å². The Bertz CT molecular complexity index is 3480. The van der Waals surface area contributed by atoms with Gasteiger partial charge in [0.2, 0.25) is 70.9 Å². The summed E-state index contributed by atoms with van der Waals surface area (Å²) >= 11 is 0. The maximum Gasteiger partial charge on any atom is 0.326 e. The molecule has 1 aromatic carbocycles. The van der Waals surface area contributed by atoms with Crippen LogP contribution in [0.3, 0.4) is 0 Å². The number of anilines is 1. The molecule has 0 saturated heterocycles. The second-order valence-electron chi connectivity index (χ2n) is 26.4. The summed E-state index contributed by atoms with van der Waals surface area (Å²) < 4.78 is 0. The molecule has 0 aliphatic heterocycles. The van der Waals surface area contributed by atoms with Gasteiger partial charge >= 0.3 is 5.97 Å². The molecule has 0 aliphatic carbocycles. The van der Waals surface area contributed by atoms with Gasteiger partial charge in [-0.2, -0.15) is 0 Å². The number of nitrogens with one attached hydrogen (secondary N) is 13. The van der Waals surface area contributed by atoms with Gasteiger partial charge in [0.05, 0.1) is 41.5 Å². The summed E-state index contributed by atoms with van der Waals surface area (Å²) in [7, 11) is 0. The molecule has 13 atom stereocenters. The predicted octanol–water partition coefficient (Wildman–Crippen LogP) is -6.59. The van der Waals surface area contributed by atoms with Gasteiger partial charge in [-0.15, -0.1) is 0 Å². The number of nitrogens with two attached hydrogens (primary N) is 7. The van der Waals surface area contributed by atoms with Crippen LogP contribution in [-0.2, 0) is 68.7 Å². The summed E-state index contributed by atoms with van der Waals surface area (Å²) in [6, 6.07) is -15.1. The van der Waals surface area contributed by atoms with Crippen molar-refractivity contribution in [2.75, 3.05) is 44.7 Å². The van der Waals surface area contributed by atoms with E-state index in [-0.39, 0.29) is 126 Å². The lowest BCUT2D eigenvalue weighted by molar-refractivity contribution is -0.393. The number of carbonyl (C=O) groups excluding carboxylic acids is 12. The van der Waals surface area contributed by atoms with Crippen LogP contribution in [-0.4, -0.2) is 236 Å². The first kappa shape index (κ1) is 94.6. The number of guanidine groups is 2. The van der Waals surface area contributed by atoms with E-state index >= 15 is 0 Å². The molecule has 110 heavy (non-hydrogen) atoms. The number of imidazole rings is 1. The fourth-order valence-electron chi connectivity index (χ4n) is 10.5. The average Bonchev–Trinajstić information content (AvgIpc) is 0.870. The number of carboxylic acid groups (broad SMARTS) is 1. The van der Waals surface area contributed by atoms with Crippen LogP contribution in [0.5, 0.6) is 0 Å². The van der Waals surface area contributed by atoms with Crippen LogP contribution in [0.1, 0.15) is 137 Å². The summed E-state index contributed by atoms with van der Waals surface area (Å²) in [5, 5.41) is 83.0. The number of rotatable bonds is 54. The summed E-state index contributed by atoms with van der Waals surface area (Å²) in [6.45, 7) is 7.51. The first-order valence-electron chi connectivity index (χ1n) is 35.7. The zero-order chi connectivity index (χ0) is 82.9. The van der Waals surface area contributed by atoms with Gasteiger partial charge in [0.1, 0.15) is 72.1 Å². The average molecular weight is 1560 g/mol. The number of unbranched alkanes of at least 4 members (excludes halogenated alkanes) is 2. The lowest BCUT2D eigenvalue weighted by Gasteiger charge is -2.29. The van der Waals surface area contributed by atoms with E-state index < -0.39 is 203 Å². The van der Waals surface area contributed by atoms with E-state index in [1.54, 1.807) is 27.7 Å². The van der Waals surface area contributed by atoms with Crippen LogP contribution in [0.25, 0.3) is 0 Å². The van der Waals surface area contributed by atoms with Crippen molar-refractivity contribution in [2.45, 2.75) is 210 Å². The molecule has 0 aliphatic rings. The van der Waals surface area contributed by atoms with E-state index in [0.29, 0.717) is 12.8 Å². The van der Waals surface area contributed by atoms with Gasteiger partial charge < -0.3 is 124 Å². The van der Waals surface area contributed by atoms with Crippen molar-refractivity contribution in [1.29, 1.82) is 0 Å². The first-order chi connectivity index (χ1) is 51.9. The Morgan fingerprint density at radius 1 is 0.536 bits per heavy atom. The van der Waals surface area contributed by atoms with Gasteiger partial charge in [0.25, 0.3) is 11.4 Å². The molecule has 2 rings (SSSR count). The van der Waals surface area contributed by atoms with E-state index in [0.717, 1.165) is 12.1 Å². The number of hydrogen-bond donors (Lipinski definition) is 23. The van der Waals surface area contributed by atoms with E-state index in [4.69, 9.17) is 40.1 Å². The SMILES string of the molecule is CC[C@H](C)[C@H](NC(=O)[C@H](C)NC(=O)[C@H](CCCCNc1ccc([N+](=O)[O-])cc1[N+](=O)[O-])NC(=O)[C@H](N)CCCN=C(N)N)C(=O)N[C@@H](C)C(=O)N[C@@H](CC(C)C)C(=O)N[C@@H](Cc1cnc[nH]1)C(=O)N[C@@H](CCC(N)=O)C(=O)N[C@@H](CO)C(=O)N[C@@H](CCCN=C(N)N)C(=O)N[C@@H](CO)C(=O)N[C@@H](CCCCN)C(=O)O. The summed E-state index contributed by atoms with van der Waals surface area (Å²) in [4.78, 5) is 213. The Labute approximate surface area is 633 Å². The van der Waals surface area contributed by atoms with E-state index in [2.05, 4.69) is 83.8 Å². The van der Waals surface area contributed by atoms with Crippen molar-refractivity contribution in [3.05, 3.63) is 56.6 Å². The maximum atomic E-state index is 14.5. The fraction of sp³-hybridized carbons (Fsp3) is 0.631. The molecular formula is C65H109N25O20. The highest BCUT2D eigenvalue weighted by atomic mass is 16.6. The Balaban J connectivity index is 2.37. The summed E-state index contributed by atoms with van der Waals surface area (Å²) in [6.07, 6.45) is 2.49. The Hall–Kier alpha value is -11.5. The smallest absolute Gasteiger partial charge is 0.326 e. The number of primary amides is 1. The molecule has 30 N–H and O–H groups in total. The standard InChI is InChI=1S/C65H109N25O20/c1-7-34(4)51(88-53(95)36(6)78-55(97)41(80-54(96)39(67)14-12-24-75-64(69)70)15-9-11-23-74-40-19-18-38(89(107)108)28-49(40)90(109)110)62(104)79-35(5)52(94)84-45(26-33(2)3)58(100)85-46(27-37-29-73-32-77-37)59(101)82-43(20-21-50(68)93)57(99)87-47(30-91)60(102)81-42(17-13-25-76-65(71)72)56(98)86-48(31-92)61(103)83-44(63(105)106)16-8-10-22-66/h18-19,28-29,32-36,39,41-48,51,74,91-92H,7-17,20-27,30-31,66-67H2,1-6H3,(H2,68,93)(H,73,77)(H,78,97)(H,79,104)(H,80,96)(H,81,102)(H,82,101)(H,83,103)(H,84,94)(H,85,100)(H,86,98)(H,87,99)(H,88,95)(H,105,106)(H4,69,70,75)(H4,71,72,76)/t34-,35-,36-,39+,41-,42-,43-,44-,45-,46-,47-,48-,51-/m0/s1. The molecule has 0 radical (unpaired) electrons. The number of H-pyrrole nitrogens is 1. The number of aromatic nitrogens is 2. The lowest BCUT2D eigenvalue weighted by Crippen LogP contribution is -2.61. The van der Waals surface area contributed by atoms with Crippen molar-refractivity contribution in [3.8, 4) is 0 Å². The molecule has 0 unspecified atom stereocenters. The van der Waals surface area contributed by atoms with Crippen LogP contribution in [0.4, 0.5) is 17.1 Å². The molecular weight excluding hydrogens is 1450 g/mol. The van der Waals surface area contributed by atoms with Crippen molar-refractivity contribution in [3.63, 3.8) is 0 Å². The first-order valence-corrected chi connectivity index (χ1v) is 35.7. The monoisotopic (exact) mass is 1560 g/mol. The number of aromatic amines is 1. The third-order valence-electron chi connectivity index (χ3n) is 16.9. The number of carboxylic acids is 1. The fourth-order valence-corrected chi connectivity index (χ4v) is 10.5. The predicted molar refractivity (Wildman–Crippen MR) is 397 cm³/mol. The number of carbonyl (C=O) groups is 13. The quantitative estimate of drug-likeness (QED) is 0.00962. The van der Waals surface area contributed by atoms with Crippen molar-refractivity contribution >= 4 is 106 Å². The highest BCUT2D eigenvalue weighted by Gasteiger charge is 2.37. The highest BCUT2D eigenvalue weighted by Crippen LogP contribution is 2.29. The van der Waals surface area contributed by atoms with Crippen molar-refractivity contribution < 1.29 is 87.5 Å². The van der Waals surface area contributed by atoms with Gasteiger partial charge in [-0.25, -0.2) is 9.78 Å². The second-order valence-corrected chi connectivity index (χ2v) is 26.4. The van der Waals surface area contributed by atoms with Gasteiger partial charge in [-0.1, -0.05) is 34.1 Å². The number of aliphatic carboxylic acids is 1.